The van der Waals surface area contributed by atoms with Gasteiger partial charge in [0, 0.05) is 6.54 Å². The summed E-state index contributed by atoms with van der Waals surface area (Å²) in [5, 5.41) is 0. The fraction of sp³-hybridized carbons (Fsp3) is 0.263. The van der Waals surface area contributed by atoms with Crippen molar-refractivity contribution in [2.75, 3.05) is 6.54 Å². The molecule has 0 bridgehead atoms. The van der Waals surface area contributed by atoms with Crippen molar-refractivity contribution in [3.63, 3.8) is 0 Å². The molecule has 1 aliphatic heterocycles. The maximum absolute atomic E-state index is 12.8. The number of benzene rings is 2. The molecule has 1 saturated heterocycles. The van der Waals surface area contributed by atoms with Crippen molar-refractivity contribution < 1.29 is 9.21 Å². The zero-order chi connectivity index (χ0) is 16.5. The molecule has 1 amide bonds. The highest BCUT2D eigenvalue weighted by Crippen LogP contribution is 2.32. The van der Waals surface area contributed by atoms with Gasteiger partial charge in [0.15, 0.2) is 5.58 Å². The van der Waals surface area contributed by atoms with Crippen LogP contribution in [-0.2, 0) is 11.3 Å². The predicted octanol–water partition coefficient (Wildman–Crippen LogP) is 2.96. The Morgan fingerprint density at radius 3 is 2.67 bits per heavy atom. The van der Waals surface area contributed by atoms with Crippen LogP contribution in [0.25, 0.3) is 11.1 Å². The normalized spacial score (nSPS) is 17.5. The summed E-state index contributed by atoms with van der Waals surface area (Å²) in [5.74, 6) is -0.532. The number of rotatable bonds is 3. The molecule has 2 aromatic carbocycles. The summed E-state index contributed by atoms with van der Waals surface area (Å²) in [4.78, 5) is 26.8. The Balaban J connectivity index is 1.61. The number of fused-ring (bicyclic) bond motifs is 1. The van der Waals surface area contributed by atoms with Crippen LogP contribution in [0.2, 0.25) is 0 Å². The Bertz CT molecular complexity index is 926. The first-order valence-corrected chi connectivity index (χ1v) is 8.17. The predicted molar refractivity (Wildman–Crippen MR) is 90.6 cm³/mol. The van der Waals surface area contributed by atoms with E-state index >= 15 is 0 Å². The van der Waals surface area contributed by atoms with Gasteiger partial charge in [-0.15, -0.1) is 0 Å². The van der Waals surface area contributed by atoms with E-state index in [4.69, 9.17) is 4.42 Å². The summed E-state index contributed by atoms with van der Waals surface area (Å²) < 4.78 is 6.63. The number of para-hydroxylation sites is 2. The van der Waals surface area contributed by atoms with E-state index in [1.165, 1.54) is 4.57 Å². The number of carbonyl (C=O) groups excluding carboxylic acids is 1. The Kier molecular flexibility index (Phi) is 3.69. The second-order valence-corrected chi connectivity index (χ2v) is 6.08. The largest absolute Gasteiger partial charge is 0.420 e. The molecule has 1 fully saturated rings. The van der Waals surface area contributed by atoms with Gasteiger partial charge in [0.25, 0.3) is 0 Å². The molecule has 0 saturated carbocycles. The molecule has 3 aromatic rings. The standard InChI is InChI=1S/C19H18N2O3/c22-18(13-21-16-9-4-5-11-17(16)24-19(21)23)20-12-6-10-15(20)14-7-2-1-3-8-14/h1-5,7-9,11,15H,6,10,12-13H2. The quantitative estimate of drug-likeness (QED) is 0.745. The molecule has 1 aromatic heterocycles. The third kappa shape index (κ3) is 2.52. The minimum absolute atomic E-state index is 0.0131. The second kappa shape index (κ2) is 6.00. The molecule has 122 valence electrons. The van der Waals surface area contributed by atoms with Crippen LogP contribution in [0.3, 0.4) is 0 Å². The van der Waals surface area contributed by atoms with E-state index in [2.05, 4.69) is 12.1 Å². The van der Waals surface area contributed by atoms with Crippen LogP contribution in [0.4, 0.5) is 0 Å². The number of hydrogen-bond acceptors (Lipinski definition) is 3. The lowest BCUT2D eigenvalue weighted by Crippen LogP contribution is -2.35. The van der Waals surface area contributed by atoms with Gasteiger partial charge in [-0.25, -0.2) is 4.79 Å². The minimum Gasteiger partial charge on any atom is -0.408 e. The highest BCUT2D eigenvalue weighted by atomic mass is 16.4. The minimum atomic E-state index is -0.486. The van der Waals surface area contributed by atoms with Crippen molar-refractivity contribution in [3.8, 4) is 0 Å². The number of nitrogens with zero attached hydrogens (tertiary/aromatic N) is 2. The van der Waals surface area contributed by atoms with Crippen molar-refractivity contribution in [2.24, 2.45) is 0 Å². The molecule has 0 spiro atoms. The van der Waals surface area contributed by atoms with Gasteiger partial charge in [-0.3, -0.25) is 9.36 Å². The average Bonchev–Trinajstić information content (AvgIpc) is 3.21. The average molecular weight is 322 g/mol. The van der Waals surface area contributed by atoms with E-state index in [0.29, 0.717) is 11.1 Å². The molecule has 1 aliphatic rings. The first-order chi connectivity index (χ1) is 11.7. The van der Waals surface area contributed by atoms with Gasteiger partial charge in [0.2, 0.25) is 5.91 Å². The van der Waals surface area contributed by atoms with E-state index in [1.54, 1.807) is 12.1 Å². The number of likely N-dealkylation sites (tertiary alicyclic amines) is 1. The number of hydrogen-bond donors (Lipinski definition) is 0. The number of oxazole rings is 1. The molecule has 0 aliphatic carbocycles. The Hall–Kier alpha value is -2.82. The summed E-state index contributed by atoms with van der Waals surface area (Å²) in [6.07, 6.45) is 1.93. The second-order valence-electron chi connectivity index (χ2n) is 6.08. The number of aromatic nitrogens is 1. The van der Waals surface area contributed by atoms with Gasteiger partial charge in [-0.1, -0.05) is 42.5 Å². The molecular weight excluding hydrogens is 304 g/mol. The summed E-state index contributed by atoms with van der Waals surface area (Å²) in [5.41, 5.74) is 2.32. The lowest BCUT2D eigenvalue weighted by Gasteiger charge is -2.25. The van der Waals surface area contributed by atoms with Crippen LogP contribution in [0.5, 0.6) is 0 Å². The molecular formula is C19H18N2O3. The van der Waals surface area contributed by atoms with Crippen LogP contribution in [0.1, 0.15) is 24.4 Å². The highest BCUT2D eigenvalue weighted by molar-refractivity contribution is 5.80. The lowest BCUT2D eigenvalue weighted by atomic mass is 10.0. The highest BCUT2D eigenvalue weighted by Gasteiger charge is 2.30. The van der Waals surface area contributed by atoms with Gasteiger partial charge in [-0.05, 0) is 30.5 Å². The fourth-order valence-corrected chi connectivity index (χ4v) is 3.48. The zero-order valence-electron chi connectivity index (χ0n) is 13.2. The fourth-order valence-electron chi connectivity index (χ4n) is 3.48. The summed E-state index contributed by atoms with van der Waals surface area (Å²) in [7, 11) is 0. The van der Waals surface area contributed by atoms with Gasteiger partial charge in [0.1, 0.15) is 6.54 Å². The maximum atomic E-state index is 12.8. The molecule has 5 heteroatoms. The maximum Gasteiger partial charge on any atom is 0.420 e. The van der Waals surface area contributed by atoms with Crippen LogP contribution >= 0.6 is 0 Å². The molecule has 1 atom stereocenters. The van der Waals surface area contributed by atoms with Gasteiger partial charge >= 0.3 is 5.76 Å². The van der Waals surface area contributed by atoms with Crippen molar-refractivity contribution >= 4 is 17.0 Å². The van der Waals surface area contributed by atoms with Crippen LogP contribution in [-0.4, -0.2) is 21.9 Å². The van der Waals surface area contributed by atoms with Gasteiger partial charge in [0.05, 0.1) is 11.6 Å². The van der Waals surface area contributed by atoms with E-state index in [9.17, 15) is 9.59 Å². The lowest BCUT2D eigenvalue weighted by molar-refractivity contribution is -0.132. The van der Waals surface area contributed by atoms with Gasteiger partial charge < -0.3 is 9.32 Å². The first kappa shape index (κ1) is 14.8. The molecule has 0 N–H and O–H groups in total. The monoisotopic (exact) mass is 322 g/mol. The summed E-state index contributed by atoms with van der Waals surface area (Å²) in [6.45, 7) is 0.738. The molecule has 2 heterocycles. The Labute approximate surface area is 139 Å². The molecule has 1 unspecified atom stereocenters. The van der Waals surface area contributed by atoms with Crippen LogP contribution in [0.15, 0.2) is 63.8 Å². The smallest absolute Gasteiger partial charge is 0.408 e. The number of carbonyl (C=O) groups is 1. The Morgan fingerprint density at radius 1 is 1.08 bits per heavy atom. The third-order valence-corrected chi connectivity index (χ3v) is 4.62. The van der Waals surface area contributed by atoms with Crippen molar-refractivity contribution in [1.29, 1.82) is 0 Å². The molecule has 4 rings (SSSR count). The SMILES string of the molecule is O=C(Cn1c(=O)oc2ccccc21)N1CCCC1c1ccccc1. The topological polar surface area (TPSA) is 55.5 Å². The van der Waals surface area contributed by atoms with E-state index in [-0.39, 0.29) is 18.5 Å². The van der Waals surface area contributed by atoms with Crippen LogP contribution < -0.4 is 5.76 Å². The third-order valence-electron chi connectivity index (χ3n) is 4.62. The molecule has 0 radical (unpaired) electrons. The van der Waals surface area contributed by atoms with Crippen molar-refractivity contribution in [2.45, 2.75) is 25.4 Å². The van der Waals surface area contributed by atoms with E-state index in [1.807, 2.05) is 35.2 Å². The molecule has 24 heavy (non-hydrogen) atoms. The zero-order valence-corrected chi connectivity index (χ0v) is 13.2. The van der Waals surface area contributed by atoms with Crippen LogP contribution in [0, 0.1) is 0 Å². The summed E-state index contributed by atoms with van der Waals surface area (Å²) in [6, 6.07) is 17.3. The van der Waals surface area contributed by atoms with E-state index in [0.717, 1.165) is 24.9 Å². The Morgan fingerprint density at radius 2 is 1.83 bits per heavy atom. The summed E-state index contributed by atoms with van der Waals surface area (Å²) >= 11 is 0. The van der Waals surface area contributed by atoms with E-state index < -0.39 is 5.76 Å². The molecule has 5 nitrogen and oxygen atoms in total. The number of amides is 1. The van der Waals surface area contributed by atoms with Crippen molar-refractivity contribution in [1.82, 2.24) is 9.47 Å². The first-order valence-electron chi connectivity index (χ1n) is 8.17. The van der Waals surface area contributed by atoms with Gasteiger partial charge in [-0.2, -0.15) is 0 Å². The van der Waals surface area contributed by atoms with Crippen molar-refractivity contribution in [3.05, 3.63) is 70.7 Å².